The summed E-state index contributed by atoms with van der Waals surface area (Å²) in [6.45, 7) is 5.54. The first-order valence-electron chi connectivity index (χ1n) is 5.75. The van der Waals surface area contributed by atoms with Crippen LogP contribution in [0.15, 0.2) is 24.3 Å². The molecule has 0 saturated heterocycles. The average molecular weight is 218 g/mol. The first-order chi connectivity index (χ1) is 7.60. The molecule has 0 amide bonds. The molecule has 0 spiro atoms. The highest BCUT2D eigenvalue weighted by molar-refractivity contribution is 6.01. The van der Waals surface area contributed by atoms with Gasteiger partial charge in [0.15, 0.2) is 11.6 Å². The average Bonchev–Trinajstić information content (AvgIpc) is 2.30. The van der Waals surface area contributed by atoms with Crippen LogP contribution in [0, 0.1) is 5.92 Å². The smallest absolute Gasteiger partial charge is 0.165 e. The number of hydrogen-bond donors (Lipinski definition) is 0. The zero-order valence-corrected chi connectivity index (χ0v) is 10.1. The molecule has 0 atom stereocenters. The van der Waals surface area contributed by atoms with Crippen LogP contribution in [0.4, 0.5) is 0 Å². The topological polar surface area (TPSA) is 34.1 Å². The minimum atomic E-state index is -0.000744. The number of carbonyl (C=O) groups is 2. The van der Waals surface area contributed by atoms with Crippen LogP contribution in [0.2, 0.25) is 0 Å². The van der Waals surface area contributed by atoms with Gasteiger partial charge in [-0.15, -0.1) is 0 Å². The van der Waals surface area contributed by atoms with Gasteiger partial charge in [-0.2, -0.15) is 0 Å². The van der Waals surface area contributed by atoms with Gasteiger partial charge in [0.1, 0.15) is 0 Å². The minimum absolute atomic E-state index is 0.000744. The molecule has 0 aliphatic carbocycles. The molecule has 86 valence electrons. The summed E-state index contributed by atoms with van der Waals surface area (Å²) in [7, 11) is 0. The molecule has 2 nitrogen and oxygen atoms in total. The summed E-state index contributed by atoms with van der Waals surface area (Å²) in [4.78, 5) is 23.3. The third-order valence-corrected chi connectivity index (χ3v) is 2.91. The van der Waals surface area contributed by atoms with Gasteiger partial charge in [0.05, 0.1) is 0 Å². The fraction of sp³-hybridized carbons (Fsp3) is 0.429. The van der Waals surface area contributed by atoms with Crippen molar-refractivity contribution in [3.05, 3.63) is 35.4 Å². The van der Waals surface area contributed by atoms with E-state index in [0.29, 0.717) is 11.1 Å². The van der Waals surface area contributed by atoms with Crippen LogP contribution in [-0.2, 0) is 0 Å². The highest BCUT2D eigenvalue weighted by atomic mass is 16.1. The van der Waals surface area contributed by atoms with E-state index in [1.807, 2.05) is 13.8 Å². The molecule has 0 radical (unpaired) electrons. The van der Waals surface area contributed by atoms with Crippen molar-refractivity contribution in [2.24, 2.45) is 5.92 Å². The van der Waals surface area contributed by atoms with Crippen LogP contribution in [0.1, 0.15) is 54.3 Å². The lowest BCUT2D eigenvalue weighted by Crippen LogP contribution is -2.13. The molecule has 0 aliphatic heterocycles. The molecule has 1 aromatic carbocycles. The van der Waals surface area contributed by atoms with Crippen molar-refractivity contribution in [2.45, 2.75) is 33.6 Å². The Kier molecular flexibility index (Phi) is 4.41. The highest BCUT2D eigenvalue weighted by Gasteiger charge is 2.16. The molecule has 0 unspecified atom stereocenters. The Morgan fingerprint density at radius 2 is 1.69 bits per heavy atom. The molecule has 0 fully saturated rings. The van der Waals surface area contributed by atoms with Gasteiger partial charge in [-0.3, -0.25) is 9.59 Å². The van der Waals surface area contributed by atoms with Crippen LogP contribution in [0.5, 0.6) is 0 Å². The molecular formula is C14H18O2. The second kappa shape index (κ2) is 5.59. The van der Waals surface area contributed by atoms with Crippen molar-refractivity contribution in [3.63, 3.8) is 0 Å². The number of carbonyl (C=O) groups excluding carboxylic acids is 2. The van der Waals surface area contributed by atoms with Gasteiger partial charge in [0.25, 0.3) is 0 Å². The maximum Gasteiger partial charge on any atom is 0.165 e. The molecule has 2 heteroatoms. The van der Waals surface area contributed by atoms with Gasteiger partial charge < -0.3 is 0 Å². The van der Waals surface area contributed by atoms with E-state index >= 15 is 0 Å². The van der Waals surface area contributed by atoms with E-state index in [1.54, 1.807) is 24.3 Å². The van der Waals surface area contributed by atoms with Gasteiger partial charge in [0, 0.05) is 17.0 Å². The van der Waals surface area contributed by atoms with Gasteiger partial charge >= 0.3 is 0 Å². The Balaban J connectivity index is 3.00. The van der Waals surface area contributed by atoms with Crippen LogP contribution in [0.25, 0.3) is 0 Å². The lowest BCUT2D eigenvalue weighted by Gasteiger charge is -2.11. The molecule has 0 bridgehead atoms. The Hall–Kier alpha value is -1.44. The molecule has 0 aromatic heterocycles. The summed E-state index contributed by atoms with van der Waals surface area (Å²) in [6.07, 6.45) is 1.69. The van der Waals surface area contributed by atoms with E-state index in [4.69, 9.17) is 0 Å². The van der Waals surface area contributed by atoms with Gasteiger partial charge in [-0.1, -0.05) is 32.0 Å². The summed E-state index contributed by atoms with van der Waals surface area (Å²) in [5.41, 5.74) is 1.26. The number of Topliss-reactive ketones (excluding diaryl/α,β-unsaturated/α-hetero) is 2. The Morgan fingerprint density at radius 3 is 2.19 bits per heavy atom. The van der Waals surface area contributed by atoms with Crippen molar-refractivity contribution in [2.75, 3.05) is 0 Å². The summed E-state index contributed by atoms with van der Waals surface area (Å²) in [5.74, 6) is 0.217. The summed E-state index contributed by atoms with van der Waals surface area (Å²) in [6, 6.07) is 6.99. The van der Waals surface area contributed by atoms with E-state index in [-0.39, 0.29) is 17.5 Å². The van der Waals surface area contributed by atoms with Crippen molar-refractivity contribution < 1.29 is 9.59 Å². The Morgan fingerprint density at radius 1 is 1.12 bits per heavy atom. The lowest BCUT2D eigenvalue weighted by molar-refractivity contribution is 0.0913. The van der Waals surface area contributed by atoms with Crippen LogP contribution in [-0.4, -0.2) is 11.6 Å². The van der Waals surface area contributed by atoms with E-state index in [2.05, 4.69) is 0 Å². The third-order valence-electron chi connectivity index (χ3n) is 2.91. The van der Waals surface area contributed by atoms with Crippen molar-refractivity contribution in [1.29, 1.82) is 0 Å². The van der Waals surface area contributed by atoms with E-state index < -0.39 is 0 Å². The summed E-state index contributed by atoms with van der Waals surface area (Å²) in [5, 5.41) is 0. The molecular weight excluding hydrogens is 200 g/mol. The Bertz CT molecular complexity index is 389. The maximum atomic E-state index is 12.1. The second-order valence-corrected chi connectivity index (χ2v) is 4.01. The fourth-order valence-electron chi connectivity index (χ4n) is 1.79. The van der Waals surface area contributed by atoms with Crippen LogP contribution >= 0.6 is 0 Å². The maximum absolute atomic E-state index is 12.1. The number of hydrogen-bond acceptors (Lipinski definition) is 2. The predicted molar refractivity (Wildman–Crippen MR) is 64.8 cm³/mol. The van der Waals surface area contributed by atoms with Gasteiger partial charge in [0.2, 0.25) is 0 Å². The summed E-state index contributed by atoms with van der Waals surface area (Å²) >= 11 is 0. The number of benzene rings is 1. The monoisotopic (exact) mass is 218 g/mol. The second-order valence-electron chi connectivity index (χ2n) is 4.01. The molecule has 0 heterocycles. The van der Waals surface area contributed by atoms with Crippen molar-refractivity contribution >= 4 is 11.6 Å². The number of ketones is 2. The van der Waals surface area contributed by atoms with Crippen molar-refractivity contribution in [3.8, 4) is 0 Å². The molecule has 16 heavy (non-hydrogen) atoms. The molecule has 0 aliphatic rings. The van der Waals surface area contributed by atoms with Gasteiger partial charge in [-0.25, -0.2) is 0 Å². The minimum Gasteiger partial charge on any atom is -0.295 e. The third kappa shape index (κ3) is 2.78. The molecule has 1 rings (SSSR count). The molecule has 0 saturated carbocycles. The van der Waals surface area contributed by atoms with E-state index in [9.17, 15) is 9.59 Å². The highest BCUT2D eigenvalue weighted by Crippen LogP contribution is 2.16. The van der Waals surface area contributed by atoms with Crippen LogP contribution < -0.4 is 0 Å². The first kappa shape index (κ1) is 12.6. The standard InChI is InChI=1S/C14H18O2/c1-4-11(5-2)14(16)13-8-6-7-12(9-13)10(3)15/h6-9,11H,4-5H2,1-3H3. The SMILES string of the molecule is CCC(CC)C(=O)c1cccc(C(C)=O)c1. The normalized spacial score (nSPS) is 10.5. The lowest BCUT2D eigenvalue weighted by atomic mass is 9.92. The van der Waals surface area contributed by atoms with E-state index in [0.717, 1.165) is 12.8 Å². The Labute approximate surface area is 96.7 Å². The van der Waals surface area contributed by atoms with Gasteiger partial charge in [-0.05, 0) is 25.8 Å². The largest absolute Gasteiger partial charge is 0.295 e. The molecule has 1 aromatic rings. The molecule has 0 N–H and O–H groups in total. The summed E-state index contributed by atoms with van der Waals surface area (Å²) < 4.78 is 0. The van der Waals surface area contributed by atoms with E-state index in [1.165, 1.54) is 6.92 Å². The fourth-order valence-corrected chi connectivity index (χ4v) is 1.79. The number of rotatable bonds is 5. The van der Waals surface area contributed by atoms with Crippen molar-refractivity contribution in [1.82, 2.24) is 0 Å². The zero-order chi connectivity index (χ0) is 12.1. The van der Waals surface area contributed by atoms with Crippen LogP contribution in [0.3, 0.4) is 0 Å². The quantitative estimate of drug-likeness (QED) is 0.709. The zero-order valence-electron chi connectivity index (χ0n) is 10.1. The predicted octanol–water partition coefficient (Wildman–Crippen LogP) is 3.51. The first-order valence-corrected chi connectivity index (χ1v) is 5.75.